The number of aryl methyl sites for hydroxylation is 2. The molecule has 16 heavy (non-hydrogen) atoms. The van der Waals surface area contributed by atoms with Crippen molar-refractivity contribution >= 4 is 11.3 Å². The highest BCUT2D eigenvalue weighted by atomic mass is 32.1. The van der Waals surface area contributed by atoms with E-state index in [1.165, 1.54) is 5.56 Å². The van der Waals surface area contributed by atoms with Gasteiger partial charge < -0.3 is 5.11 Å². The molecule has 0 aliphatic heterocycles. The molecule has 0 aromatic carbocycles. The van der Waals surface area contributed by atoms with Gasteiger partial charge in [-0.2, -0.15) is 11.3 Å². The average molecular weight is 234 g/mol. The van der Waals surface area contributed by atoms with E-state index in [4.69, 9.17) is 0 Å². The van der Waals surface area contributed by atoms with Gasteiger partial charge in [0.05, 0.1) is 6.10 Å². The fourth-order valence-electron chi connectivity index (χ4n) is 1.61. The molecule has 84 valence electrons. The van der Waals surface area contributed by atoms with Gasteiger partial charge in [0.15, 0.2) is 5.82 Å². The van der Waals surface area contributed by atoms with Gasteiger partial charge in [-0.25, -0.2) is 9.97 Å². The zero-order chi connectivity index (χ0) is 11.7. The number of aliphatic hydroxyl groups is 1. The highest BCUT2D eigenvalue weighted by Gasteiger charge is 2.11. The van der Waals surface area contributed by atoms with Crippen LogP contribution in [0.5, 0.6) is 0 Å². The Bertz CT molecular complexity index is 505. The first-order valence-electron chi connectivity index (χ1n) is 5.14. The lowest BCUT2D eigenvalue weighted by atomic mass is 10.1. The summed E-state index contributed by atoms with van der Waals surface area (Å²) in [6.07, 6.45) is 1.19. The van der Waals surface area contributed by atoms with Crippen molar-refractivity contribution in [3.8, 4) is 11.4 Å². The predicted octanol–water partition coefficient (Wildman–Crippen LogP) is 2.88. The summed E-state index contributed by atoms with van der Waals surface area (Å²) in [6.45, 7) is 5.67. The van der Waals surface area contributed by atoms with Gasteiger partial charge in [-0.05, 0) is 31.7 Å². The minimum Gasteiger partial charge on any atom is -0.389 e. The van der Waals surface area contributed by atoms with Crippen LogP contribution in [0.2, 0.25) is 0 Å². The van der Waals surface area contributed by atoms with E-state index < -0.39 is 6.10 Å². The summed E-state index contributed by atoms with van der Waals surface area (Å²) >= 11 is 1.65. The second-order valence-electron chi connectivity index (χ2n) is 3.88. The molecule has 0 spiro atoms. The molecule has 2 aromatic rings. The Morgan fingerprint density at radius 1 is 1.31 bits per heavy atom. The molecule has 0 aliphatic carbocycles. The van der Waals surface area contributed by atoms with Gasteiger partial charge in [-0.3, -0.25) is 0 Å². The zero-order valence-electron chi connectivity index (χ0n) is 9.56. The van der Waals surface area contributed by atoms with Crippen LogP contribution in [0.4, 0.5) is 0 Å². The Morgan fingerprint density at radius 2 is 2.06 bits per heavy atom. The van der Waals surface area contributed by atoms with Crippen molar-refractivity contribution in [1.82, 2.24) is 9.97 Å². The largest absolute Gasteiger partial charge is 0.389 e. The van der Waals surface area contributed by atoms with Crippen molar-refractivity contribution in [3.63, 3.8) is 0 Å². The summed E-state index contributed by atoms with van der Waals surface area (Å²) in [4.78, 5) is 8.73. The van der Waals surface area contributed by atoms with E-state index in [2.05, 4.69) is 15.3 Å². The van der Waals surface area contributed by atoms with E-state index in [9.17, 15) is 5.11 Å². The molecule has 0 amide bonds. The molecule has 1 unspecified atom stereocenters. The number of thiophene rings is 1. The quantitative estimate of drug-likeness (QED) is 0.869. The summed E-state index contributed by atoms with van der Waals surface area (Å²) in [5.74, 6) is 0.737. The van der Waals surface area contributed by atoms with Gasteiger partial charge in [0, 0.05) is 28.4 Å². The van der Waals surface area contributed by atoms with Gasteiger partial charge in [0.1, 0.15) is 0 Å². The van der Waals surface area contributed by atoms with E-state index in [1.807, 2.05) is 19.2 Å². The Kier molecular flexibility index (Phi) is 3.03. The minimum absolute atomic E-state index is 0.516. The van der Waals surface area contributed by atoms with E-state index in [-0.39, 0.29) is 0 Å². The molecule has 0 saturated heterocycles. The molecule has 4 heteroatoms. The second-order valence-corrected chi connectivity index (χ2v) is 4.62. The second kappa shape index (κ2) is 4.31. The topological polar surface area (TPSA) is 46.0 Å². The Labute approximate surface area is 98.8 Å². The average Bonchev–Trinajstić information content (AvgIpc) is 2.63. The summed E-state index contributed by atoms with van der Waals surface area (Å²) in [6, 6.07) is 0. The molecule has 1 N–H and O–H groups in total. The molecule has 2 heterocycles. The van der Waals surface area contributed by atoms with Crippen molar-refractivity contribution in [3.05, 3.63) is 33.8 Å². The maximum atomic E-state index is 9.50. The van der Waals surface area contributed by atoms with Crippen LogP contribution in [0.3, 0.4) is 0 Å². The van der Waals surface area contributed by atoms with E-state index in [0.717, 1.165) is 22.6 Å². The summed E-state index contributed by atoms with van der Waals surface area (Å²) in [5.41, 5.74) is 3.89. The molecule has 2 rings (SSSR count). The molecule has 0 radical (unpaired) electrons. The van der Waals surface area contributed by atoms with E-state index in [0.29, 0.717) is 0 Å². The van der Waals surface area contributed by atoms with Crippen LogP contribution in [-0.2, 0) is 0 Å². The van der Waals surface area contributed by atoms with Gasteiger partial charge in [0.25, 0.3) is 0 Å². The molecule has 1 atom stereocenters. The van der Waals surface area contributed by atoms with Gasteiger partial charge in [-0.15, -0.1) is 0 Å². The Morgan fingerprint density at radius 3 is 2.56 bits per heavy atom. The Hall–Kier alpha value is -1.26. The minimum atomic E-state index is -0.516. The number of aliphatic hydroxyl groups excluding tert-OH is 1. The molecule has 3 nitrogen and oxygen atoms in total. The number of rotatable bonds is 2. The summed E-state index contributed by atoms with van der Waals surface area (Å²) in [5, 5.41) is 13.6. The van der Waals surface area contributed by atoms with E-state index >= 15 is 0 Å². The molecular formula is C12H14N2OS. The monoisotopic (exact) mass is 234 g/mol. The van der Waals surface area contributed by atoms with Gasteiger partial charge in [0.2, 0.25) is 0 Å². The Balaban J connectivity index is 2.46. The lowest BCUT2D eigenvalue weighted by molar-refractivity contribution is 0.197. The predicted molar refractivity (Wildman–Crippen MR) is 65.5 cm³/mol. The fourth-order valence-corrected chi connectivity index (χ4v) is 2.43. The van der Waals surface area contributed by atoms with Crippen LogP contribution in [0.15, 0.2) is 17.0 Å². The molecule has 0 saturated carbocycles. The van der Waals surface area contributed by atoms with Crippen LogP contribution in [0.1, 0.15) is 29.8 Å². The van der Waals surface area contributed by atoms with Crippen LogP contribution < -0.4 is 0 Å². The standard InChI is InChI=1S/C12H14N2OS/c1-7-5-16-6-11(7)12-13-4-10(9(3)15)8(2)14-12/h4-6,9,15H,1-3H3. The number of hydrogen-bond acceptors (Lipinski definition) is 4. The molecule has 0 aliphatic rings. The lowest BCUT2D eigenvalue weighted by Crippen LogP contribution is -2.01. The normalized spacial score (nSPS) is 12.8. The first-order chi connectivity index (χ1) is 7.59. The number of nitrogens with zero attached hydrogens (tertiary/aromatic N) is 2. The smallest absolute Gasteiger partial charge is 0.160 e. The van der Waals surface area contributed by atoms with Crippen molar-refractivity contribution in [2.75, 3.05) is 0 Å². The zero-order valence-corrected chi connectivity index (χ0v) is 10.4. The summed E-state index contributed by atoms with van der Waals surface area (Å²) < 4.78 is 0. The van der Waals surface area contributed by atoms with Crippen molar-refractivity contribution in [1.29, 1.82) is 0 Å². The van der Waals surface area contributed by atoms with Crippen molar-refractivity contribution in [2.24, 2.45) is 0 Å². The van der Waals surface area contributed by atoms with Gasteiger partial charge in [-0.1, -0.05) is 0 Å². The number of hydrogen-bond donors (Lipinski definition) is 1. The molecular weight excluding hydrogens is 220 g/mol. The van der Waals surface area contributed by atoms with Crippen LogP contribution in [-0.4, -0.2) is 15.1 Å². The SMILES string of the molecule is Cc1cscc1-c1ncc(C(C)O)c(C)n1. The third-order valence-corrected chi connectivity index (χ3v) is 3.43. The maximum absolute atomic E-state index is 9.50. The highest BCUT2D eigenvalue weighted by Crippen LogP contribution is 2.25. The van der Waals surface area contributed by atoms with Crippen LogP contribution >= 0.6 is 11.3 Å². The fraction of sp³-hybridized carbons (Fsp3) is 0.333. The van der Waals surface area contributed by atoms with E-state index in [1.54, 1.807) is 24.5 Å². The van der Waals surface area contributed by atoms with Crippen molar-refractivity contribution < 1.29 is 5.11 Å². The van der Waals surface area contributed by atoms with Crippen molar-refractivity contribution in [2.45, 2.75) is 26.9 Å². The molecule has 2 aromatic heterocycles. The summed E-state index contributed by atoms with van der Waals surface area (Å²) in [7, 11) is 0. The molecule has 0 fully saturated rings. The first kappa shape index (κ1) is 11.2. The van der Waals surface area contributed by atoms with Crippen LogP contribution in [0.25, 0.3) is 11.4 Å². The number of aromatic nitrogens is 2. The maximum Gasteiger partial charge on any atom is 0.160 e. The highest BCUT2D eigenvalue weighted by molar-refractivity contribution is 7.08. The third kappa shape index (κ3) is 1.99. The first-order valence-corrected chi connectivity index (χ1v) is 6.08. The molecule has 0 bridgehead atoms. The third-order valence-electron chi connectivity index (χ3n) is 2.56. The van der Waals surface area contributed by atoms with Crippen LogP contribution in [0, 0.1) is 13.8 Å². The van der Waals surface area contributed by atoms with Gasteiger partial charge >= 0.3 is 0 Å². The lowest BCUT2D eigenvalue weighted by Gasteiger charge is -2.08.